The Labute approximate surface area is 99.5 Å². The fourth-order valence-corrected chi connectivity index (χ4v) is 1.83. The quantitative estimate of drug-likeness (QED) is 0.884. The molecule has 4 heteroatoms. The van der Waals surface area contributed by atoms with Crippen molar-refractivity contribution in [3.8, 4) is 0 Å². The van der Waals surface area contributed by atoms with Crippen LogP contribution in [0.15, 0.2) is 30.3 Å². The van der Waals surface area contributed by atoms with Crippen molar-refractivity contribution in [2.24, 2.45) is 7.05 Å². The van der Waals surface area contributed by atoms with Crippen LogP contribution in [0.2, 0.25) is 0 Å². The van der Waals surface area contributed by atoms with Crippen LogP contribution in [0.1, 0.15) is 30.0 Å². The molecule has 1 aromatic heterocycles. The van der Waals surface area contributed by atoms with Gasteiger partial charge in [0.1, 0.15) is 11.9 Å². The fraction of sp³-hybridized carbons (Fsp3) is 0.308. The molecule has 90 valence electrons. The highest BCUT2D eigenvalue weighted by molar-refractivity contribution is 5.28. The van der Waals surface area contributed by atoms with Crippen LogP contribution in [0.5, 0.6) is 0 Å². The average Bonchev–Trinajstić information content (AvgIpc) is 2.70. The molecule has 17 heavy (non-hydrogen) atoms. The summed E-state index contributed by atoms with van der Waals surface area (Å²) in [4.78, 5) is 0. The van der Waals surface area contributed by atoms with Crippen LogP contribution in [0.3, 0.4) is 0 Å². The summed E-state index contributed by atoms with van der Waals surface area (Å²) in [5, 5.41) is 14.4. The highest BCUT2D eigenvalue weighted by Crippen LogP contribution is 2.24. The summed E-state index contributed by atoms with van der Waals surface area (Å²) in [6, 6.07) is 8.04. The second-order valence-electron chi connectivity index (χ2n) is 3.96. The number of hydrogen-bond donors (Lipinski definition) is 1. The van der Waals surface area contributed by atoms with E-state index in [0.717, 1.165) is 12.1 Å². The average molecular weight is 234 g/mol. The second kappa shape index (κ2) is 4.67. The van der Waals surface area contributed by atoms with E-state index in [2.05, 4.69) is 5.10 Å². The van der Waals surface area contributed by atoms with E-state index in [1.807, 2.05) is 6.92 Å². The molecule has 0 aliphatic heterocycles. The molecule has 1 N–H and O–H groups in total. The first-order valence-corrected chi connectivity index (χ1v) is 5.58. The summed E-state index contributed by atoms with van der Waals surface area (Å²) in [7, 11) is 1.75. The van der Waals surface area contributed by atoms with Gasteiger partial charge in [0.2, 0.25) is 0 Å². The summed E-state index contributed by atoms with van der Waals surface area (Å²) < 4.78 is 15.1. The van der Waals surface area contributed by atoms with E-state index >= 15 is 0 Å². The summed E-state index contributed by atoms with van der Waals surface area (Å²) >= 11 is 0. The number of nitrogens with zero attached hydrogens (tertiary/aromatic N) is 2. The van der Waals surface area contributed by atoms with Gasteiger partial charge in [-0.3, -0.25) is 4.68 Å². The Balaban J connectivity index is 2.40. The minimum atomic E-state index is -0.978. The van der Waals surface area contributed by atoms with Gasteiger partial charge < -0.3 is 5.11 Å². The largest absolute Gasteiger partial charge is 0.382 e. The molecule has 0 aliphatic carbocycles. The minimum Gasteiger partial charge on any atom is -0.382 e. The van der Waals surface area contributed by atoms with Crippen molar-refractivity contribution in [2.75, 3.05) is 0 Å². The molecule has 0 saturated heterocycles. The molecule has 0 radical (unpaired) electrons. The van der Waals surface area contributed by atoms with Crippen molar-refractivity contribution in [1.29, 1.82) is 0 Å². The number of benzene rings is 1. The lowest BCUT2D eigenvalue weighted by Crippen LogP contribution is -2.08. The molecule has 0 aliphatic rings. The number of aliphatic hydroxyl groups excluding tert-OH is 1. The Kier molecular flexibility index (Phi) is 3.24. The van der Waals surface area contributed by atoms with Crippen LogP contribution in [-0.4, -0.2) is 14.9 Å². The molecule has 1 atom stereocenters. The van der Waals surface area contributed by atoms with Gasteiger partial charge in [0, 0.05) is 12.6 Å². The van der Waals surface area contributed by atoms with Crippen molar-refractivity contribution < 1.29 is 9.50 Å². The van der Waals surface area contributed by atoms with Crippen LogP contribution in [0, 0.1) is 5.82 Å². The molecular weight excluding hydrogens is 219 g/mol. The predicted octanol–water partition coefficient (Wildman–Crippen LogP) is 2.20. The highest BCUT2D eigenvalue weighted by Gasteiger charge is 2.18. The van der Waals surface area contributed by atoms with E-state index in [-0.39, 0.29) is 5.56 Å². The summed E-state index contributed by atoms with van der Waals surface area (Å²) in [5.41, 5.74) is 1.77. The first-order valence-electron chi connectivity index (χ1n) is 5.58. The fourth-order valence-electron chi connectivity index (χ4n) is 1.83. The van der Waals surface area contributed by atoms with Crippen LogP contribution in [0.25, 0.3) is 0 Å². The van der Waals surface area contributed by atoms with E-state index in [1.165, 1.54) is 6.07 Å². The van der Waals surface area contributed by atoms with Gasteiger partial charge in [0.15, 0.2) is 0 Å². The number of rotatable bonds is 3. The summed E-state index contributed by atoms with van der Waals surface area (Å²) in [5.74, 6) is -0.403. The monoisotopic (exact) mass is 234 g/mol. The van der Waals surface area contributed by atoms with Gasteiger partial charge in [-0.2, -0.15) is 5.10 Å². The maximum absolute atomic E-state index is 13.6. The minimum absolute atomic E-state index is 0.276. The highest BCUT2D eigenvalue weighted by atomic mass is 19.1. The Bertz CT molecular complexity index is 522. The zero-order valence-electron chi connectivity index (χ0n) is 9.89. The van der Waals surface area contributed by atoms with E-state index in [1.54, 1.807) is 36.0 Å². The van der Waals surface area contributed by atoms with Crippen molar-refractivity contribution >= 4 is 0 Å². The van der Waals surface area contributed by atoms with Crippen molar-refractivity contribution in [3.05, 3.63) is 53.1 Å². The molecule has 1 unspecified atom stereocenters. The lowest BCUT2D eigenvalue weighted by atomic mass is 10.1. The van der Waals surface area contributed by atoms with Crippen LogP contribution in [0.4, 0.5) is 4.39 Å². The zero-order chi connectivity index (χ0) is 12.4. The van der Waals surface area contributed by atoms with Gasteiger partial charge in [0.25, 0.3) is 0 Å². The predicted molar refractivity (Wildman–Crippen MR) is 63.0 cm³/mol. The van der Waals surface area contributed by atoms with Gasteiger partial charge >= 0.3 is 0 Å². The summed E-state index contributed by atoms with van der Waals surface area (Å²) in [6.07, 6.45) is -0.188. The maximum atomic E-state index is 13.6. The molecule has 0 bridgehead atoms. The van der Waals surface area contributed by atoms with Crippen molar-refractivity contribution in [3.63, 3.8) is 0 Å². The molecule has 2 rings (SSSR count). The standard InChI is InChI=1S/C13H15FN2O/c1-3-9-8-12(16(2)15-9)13(17)10-6-4-5-7-11(10)14/h4-8,13,17H,3H2,1-2H3. The van der Waals surface area contributed by atoms with Crippen LogP contribution < -0.4 is 0 Å². The van der Waals surface area contributed by atoms with Gasteiger partial charge in [-0.1, -0.05) is 25.1 Å². The zero-order valence-corrected chi connectivity index (χ0v) is 9.89. The third-order valence-corrected chi connectivity index (χ3v) is 2.81. The van der Waals surface area contributed by atoms with Gasteiger partial charge in [0.05, 0.1) is 11.4 Å². The molecule has 1 aromatic carbocycles. The number of hydrogen-bond acceptors (Lipinski definition) is 2. The van der Waals surface area contributed by atoms with Crippen LogP contribution in [-0.2, 0) is 13.5 Å². The van der Waals surface area contributed by atoms with Gasteiger partial charge in [-0.25, -0.2) is 4.39 Å². The van der Waals surface area contributed by atoms with Crippen LogP contribution >= 0.6 is 0 Å². The third-order valence-electron chi connectivity index (χ3n) is 2.81. The lowest BCUT2D eigenvalue weighted by Gasteiger charge is -2.11. The van der Waals surface area contributed by atoms with Gasteiger partial charge in [-0.15, -0.1) is 0 Å². The topological polar surface area (TPSA) is 38.0 Å². The van der Waals surface area contributed by atoms with Crippen molar-refractivity contribution in [2.45, 2.75) is 19.4 Å². The number of aryl methyl sites for hydroxylation is 2. The van der Waals surface area contributed by atoms with E-state index in [4.69, 9.17) is 0 Å². The number of aromatic nitrogens is 2. The summed E-state index contributed by atoms with van der Waals surface area (Å²) in [6.45, 7) is 1.99. The molecule has 0 fully saturated rings. The van der Waals surface area contributed by atoms with Gasteiger partial charge in [-0.05, 0) is 18.6 Å². The Hall–Kier alpha value is -1.68. The maximum Gasteiger partial charge on any atom is 0.129 e. The lowest BCUT2D eigenvalue weighted by molar-refractivity contribution is 0.204. The normalized spacial score (nSPS) is 12.7. The molecule has 1 heterocycles. The Morgan fingerprint density at radius 3 is 2.71 bits per heavy atom. The van der Waals surface area contributed by atoms with E-state index in [0.29, 0.717) is 5.69 Å². The number of halogens is 1. The SMILES string of the molecule is CCc1cc(C(O)c2ccccc2F)n(C)n1. The molecule has 0 amide bonds. The Morgan fingerprint density at radius 1 is 1.41 bits per heavy atom. The third kappa shape index (κ3) is 2.22. The molecule has 2 aromatic rings. The van der Waals surface area contributed by atoms with Crippen molar-refractivity contribution in [1.82, 2.24) is 9.78 Å². The smallest absolute Gasteiger partial charge is 0.129 e. The van der Waals surface area contributed by atoms with E-state index < -0.39 is 11.9 Å². The molecule has 0 spiro atoms. The Morgan fingerprint density at radius 2 is 2.12 bits per heavy atom. The molecular formula is C13H15FN2O. The second-order valence-corrected chi connectivity index (χ2v) is 3.96. The molecule has 3 nitrogen and oxygen atoms in total. The van der Waals surface area contributed by atoms with E-state index in [9.17, 15) is 9.50 Å². The first-order chi connectivity index (χ1) is 8.13. The first kappa shape index (κ1) is 11.8. The molecule has 0 saturated carbocycles. The number of aliphatic hydroxyl groups is 1.